The van der Waals surface area contributed by atoms with Crippen molar-refractivity contribution in [2.24, 2.45) is 0 Å². The van der Waals surface area contributed by atoms with Crippen molar-refractivity contribution >= 4 is 29.3 Å². The van der Waals surface area contributed by atoms with Crippen molar-refractivity contribution in [1.29, 1.82) is 0 Å². The zero-order chi connectivity index (χ0) is 25.0. The van der Waals surface area contributed by atoms with Gasteiger partial charge in [-0.15, -0.1) is 16.8 Å². The number of benzene rings is 2. The molecule has 8 heteroatoms. The second-order valence-corrected chi connectivity index (χ2v) is 10.6. The number of anilines is 1. The van der Waals surface area contributed by atoms with Gasteiger partial charge in [-0.3, -0.25) is 14.2 Å². The Morgan fingerprint density at radius 1 is 1.14 bits per heavy atom. The van der Waals surface area contributed by atoms with Gasteiger partial charge in [-0.25, -0.2) is 0 Å². The van der Waals surface area contributed by atoms with E-state index in [1.165, 1.54) is 17.3 Å². The Kier molecular flexibility index (Phi) is 7.40. The first-order valence-electron chi connectivity index (χ1n) is 11.7. The molecule has 0 spiro atoms. The fraction of sp³-hybridized carbons (Fsp3) is 0.333. The molecule has 1 aliphatic rings. The van der Waals surface area contributed by atoms with Crippen LogP contribution in [-0.2, 0) is 16.8 Å². The van der Waals surface area contributed by atoms with E-state index in [-0.39, 0.29) is 29.0 Å². The predicted octanol–water partition coefficient (Wildman–Crippen LogP) is 5.05. The summed E-state index contributed by atoms with van der Waals surface area (Å²) in [5, 5.41) is 15.2. The standard InChI is InChI=1S/C27H31N5O2S/c1-5-15-32-24(18-9-11-20(12-10-18)27(2,3)4)30-31-26(32)35-17-23(33)28-22-8-6-7-19(16-22)25(34)29-21-13-14-21/h5-12,16,21H,1,13-15,17H2,2-4H3,(H,28,33)(H,29,34). The summed E-state index contributed by atoms with van der Waals surface area (Å²) in [7, 11) is 0. The molecule has 2 amide bonds. The van der Waals surface area contributed by atoms with Crippen LogP contribution in [0.3, 0.4) is 0 Å². The van der Waals surface area contributed by atoms with Crippen molar-refractivity contribution in [2.75, 3.05) is 11.1 Å². The van der Waals surface area contributed by atoms with E-state index >= 15 is 0 Å². The first-order chi connectivity index (χ1) is 16.7. The van der Waals surface area contributed by atoms with E-state index in [2.05, 4.69) is 72.4 Å². The van der Waals surface area contributed by atoms with Gasteiger partial charge in [0.25, 0.3) is 5.91 Å². The molecular weight excluding hydrogens is 458 g/mol. The molecule has 0 unspecified atom stereocenters. The van der Waals surface area contributed by atoms with E-state index < -0.39 is 0 Å². The van der Waals surface area contributed by atoms with Crippen molar-refractivity contribution < 1.29 is 9.59 Å². The van der Waals surface area contributed by atoms with E-state index in [0.717, 1.165) is 24.2 Å². The average Bonchev–Trinajstić information content (AvgIpc) is 3.55. The number of hydrogen-bond donors (Lipinski definition) is 2. The quantitative estimate of drug-likeness (QED) is 0.324. The molecule has 35 heavy (non-hydrogen) atoms. The van der Waals surface area contributed by atoms with Crippen molar-refractivity contribution in [1.82, 2.24) is 20.1 Å². The van der Waals surface area contributed by atoms with Crippen LogP contribution in [0.2, 0.25) is 0 Å². The monoisotopic (exact) mass is 489 g/mol. The molecule has 1 fully saturated rings. The molecule has 0 aliphatic heterocycles. The second kappa shape index (κ2) is 10.5. The number of thioether (sulfide) groups is 1. The molecule has 2 aromatic carbocycles. The highest BCUT2D eigenvalue weighted by Gasteiger charge is 2.24. The number of rotatable bonds is 9. The van der Waals surface area contributed by atoms with Crippen molar-refractivity contribution in [3.63, 3.8) is 0 Å². The minimum atomic E-state index is -0.181. The Balaban J connectivity index is 1.41. The van der Waals surface area contributed by atoms with Gasteiger partial charge in [0.1, 0.15) is 0 Å². The van der Waals surface area contributed by atoms with Gasteiger partial charge in [0.2, 0.25) is 5.91 Å². The number of carbonyl (C=O) groups excluding carboxylic acids is 2. The lowest BCUT2D eigenvalue weighted by molar-refractivity contribution is -0.113. The number of nitrogens with zero attached hydrogens (tertiary/aromatic N) is 3. The van der Waals surface area contributed by atoms with E-state index in [1.54, 1.807) is 30.3 Å². The summed E-state index contributed by atoms with van der Waals surface area (Å²) in [4.78, 5) is 24.9. The van der Waals surface area contributed by atoms with Gasteiger partial charge in [0.15, 0.2) is 11.0 Å². The Labute approximate surface area is 210 Å². The maximum Gasteiger partial charge on any atom is 0.251 e. The smallest absolute Gasteiger partial charge is 0.251 e. The number of allylic oxidation sites excluding steroid dienone is 1. The van der Waals surface area contributed by atoms with Gasteiger partial charge in [-0.1, -0.05) is 68.9 Å². The SMILES string of the molecule is C=CCn1c(SCC(=O)Nc2cccc(C(=O)NC3CC3)c2)nnc1-c1ccc(C(C)(C)C)cc1. The lowest BCUT2D eigenvalue weighted by Crippen LogP contribution is -2.25. The van der Waals surface area contributed by atoms with Gasteiger partial charge in [0, 0.05) is 29.4 Å². The molecule has 0 radical (unpaired) electrons. The van der Waals surface area contributed by atoms with E-state index in [9.17, 15) is 9.59 Å². The number of nitrogens with one attached hydrogen (secondary N) is 2. The van der Waals surface area contributed by atoms with E-state index in [0.29, 0.717) is 23.0 Å². The van der Waals surface area contributed by atoms with Crippen molar-refractivity contribution in [3.8, 4) is 11.4 Å². The average molecular weight is 490 g/mol. The maximum atomic E-state index is 12.6. The third kappa shape index (κ3) is 6.39. The fourth-order valence-corrected chi connectivity index (χ4v) is 4.33. The summed E-state index contributed by atoms with van der Waals surface area (Å²) in [6.45, 7) is 10.9. The zero-order valence-corrected chi connectivity index (χ0v) is 21.2. The number of hydrogen-bond acceptors (Lipinski definition) is 5. The third-order valence-corrected chi connectivity index (χ3v) is 6.66. The Morgan fingerprint density at radius 2 is 1.89 bits per heavy atom. The van der Waals surface area contributed by atoms with Crippen molar-refractivity contribution in [3.05, 3.63) is 72.3 Å². The molecule has 4 rings (SSSR count). The van der Waals surface area contributed by atoms with Crippen LogP contribution in [0, 0.1) is 0 Å². The summed E-state index contributed by atoms with van der Waals surface area (Å²) in [5.74, 6) is 0.608. The lowest BCUT2D eigenvalue weighted by atomic mass is 9.87. The molecule has 0 bridgehead atoms. The number of carbonyl (C=O) groups is 2. The molecule has 0 atom stereocenters. The molecule has 0 saturated heterocycles. The van der Waals surface area contributed by atoms with Gasteiger partial charge in [-0.05, 0) is 42.0 Å². The normalized spacial score (nSPS) is 13.3. The zero-order valence-electron chi connectivity index (χ0n) is 20.4. The second-order valence-electron chi connectivity index (χ2n) is 9.70. The largest absolute Gasteiger partial charge is 0.349 e. The first kappa shape index (κ1) is 24.7. The van der Waals surface area contributed by atoms with Crippen molar-refractivity contribution in [2.45, 2.75) is 56.8 Å². The summed E-state index contributed by atoms with van der Waals surface area (Å²) in [5.41, 5.74) is 3.41. The van der Waals surface area contributed by atoms with Gasteiger partial charge in [0.05, 0.1) is 5.75 Å². The van der Waals surface area contributed by atoms with Crippen LogP contribution in [0.15, 0.2) is 66.3 Å². The molecule has 7 nitrogen and oxygen atoms in total. The Hall–Kier alpha value is -3.39. The number of amides is 2. The topological polar surface area (TPSA) is 88.9 Å². The molecule has 1 saturated carbocycles. The molecule has 3 aromatic rings. The fourth-order valence-electron chi connectivity index (χ4n) is 3.58. The van der Waals surface area contributed by atoms with E-state index in [1.807, 2.05) is 4.57 Å². The van der Waals surface area contributed by atoms with Crippen LogP contribution < -0.4 is 10.6 Å². The summed E-state index contributed by atoms with van der Waals surface area (Å²) >= 11 is 1.31. The highest BCUT2D eigenvalue weighted by molar-refractivity contribution is 7.99. The summed E-state index contributed by atoms with van der Waals surface area (Å²) in [6.07, 6.45) is 3.85. The third-order valence-electron chi connectivity index (χ3n) is 5.69. The predicted molar refractivity (Wildman–Crippen MR) is 141 cm³/mol. The van der Waals surface area contributed by atoms with Crippen LogP contribution >= 0.6 is 11.8 Å². The van der Waals surface area contributed by atoms with Crippen LogP contribution in [-0.4, -0.2) is 38.4 Å². The van der Waals surface area contributed by atoms with Crippen LogP contribution in [0.25, 0.3) is 11.4 Å². The van der Waals surface area contributed by atoms with Crippen LogP contribution in [0.1, 0.15) is 49.5 Å². The highest BCUT2D eigenvalue weighted by atomic mass is 32.2. The molecular formula is C27H31N5O2S. The minimum absolute atomic E-state index is 0.0717. The maximum absolute atomic E-state index is 12.6. The number of aromatic nitrogens is 3. The van der Waals surface area contributed by atoms with Gasteiger partial charge in [-0.2, -0.15) is 0 Å². The Bertz CT molecular complexity index is 1220. The molecule has 182 valence electrons. The molecule has 2 N–H and O–H groups in total. The Morgan fingerprint density at radius 3 is 2.54 bits per heavy atom. The summed E-state index contributed by atoms with van der Waals surface area (Å²) < 4.78 is 1.96. The molecule has 1 aliphatic carbocycles. The van der Waals surface area contributed by atoms with E-state index in [4.69, 9.17) is 0 Å². The lowest BCUT2D eigenvalue weighted by Gasteiger charge is -2.19. The van der Waals surface area contributed by atoms with Crippen LogP contribution in [0.5, 0.6) is 0 Å². The first-order valence-corrected chi connectivity index (χ1v) is 12.7. The molecule has 1 heterocycles. The van der Waals surface area contributed by atoms with Crippen LogP contribution in [0.4, 0.5) is 5.69 Å². The minimum Gasteiger partial charge on any atom is -0.349 e. The highest BCUT2D eigenvalue weighted by Crippen LogP contribution is 2.28. The summed E-state index contributed by atoms with van der Waals surface area (Å²) in [6, 6.07) is 15.6. The van der Waals surface area contributed by atoms with Gasteiger partial charge < -0.3 is 10.6 Å². The molecule has 1 aromatic heterocycles. The van der Waals surface area contributed by atoms with Gasteiger partial charge >= 0.3 is 0 Å².